The Bertz CT molecular complexity index is 642. The molecule has 2 heterocycles. The van der Waals surface area contributed by atoms with E-state index in [2.05, 4.69) is 61.6 Å². The Morgan fingerprint density at radius 3 is 2.79 bits per heavy atom. The number of benzene rings is 1. The lowest BCUT2D eigenvalue weighted by Gasteiger charge is -2.28. The number of rotatable bonds is 5. The Morgan fingerprint density at radius 2 is 2.04 bits per heavy atom. The average molecular weight is 456 g/mol. The van der Waals surface area contributed by atoms with E-state index in [1.54, 1.807) is 11.3 Å². The summed E-state index contributed by atoms with van der Waals surface area (Å²) in [5.74, 6) is 0.869. The molecule has 0 atom stereocenters. The zero-order chi connectivity index (χ0) is 15.9. The van der Waals surface area contributed by atoms with E-state index >= 15 is 0 Å². The Morgan fingerprint density at radius 1 is 1.21 bits per heavy atom. The number of hydrogen-bond acceptors (Lipinski definition) is 3. The first-order valence-corrected chi connectivity index (χ1v) is 9.04. The van der Waals surface area contributed by atoms with Gasteiger partial charge in [0.2, 0.25) is 0 Å². The summed E-state index contributed by atoms with van der Waals surface area (Å²) in [6.07, 6.45) is 1.15. The van der Waals surface area contributed by atoms with Crippen molar-refractivity contribution >= 4 is 41.3 Å². The minimum absolute atomic E-state index is 0. The third kappa shape index (κ3) is 5.46. The van der Waals surface area contributed by atoms with Crippen LogP contribution in [0.3, 0.4) is 0 Å². The molecular weight excluding hydrogens is 431 g/mol. The standard InChI is InChI=1S/C18H24N4S.HI/c1-19-18(21-12-15-7-11-23-14-15)20-8-10-22-9-6-16-4-2-3-5-17(16)13-22;/h2-5,7,11,14H,6,8-10,12-13H2,1H3,(H2,19,20,21);1H. The van der Waals surface area contributed by atoms with Crippen LogP contribution in [0.15, 0.2) is 46.1 Å². The highest BCUT2D eigenvalue weighted by Crippen LogP contribution is 2.17. The largest absolute Gasteiger partial charge is 0.355 e. The fourth-order valence-corrected chi connectivity index (χ4v) is 3.55. The van der Waals surface area contributed by atoms with Gasteiger partial charge in [-0.2, -0.15) is 11.3 Å². The molecule has 0 spiro atoms. The Hall–Kier alpha value is -1.12. The lowest BCUT2D eigenvalue weighted by atomic mass is 10.00. The zero-order valence-electron chi connectivity index (χ0n) is 14.0. The summed E-state index contributed by atoms with van der Waals surface area (Å²) >= 11 is 1.72. The van der Waals surface area contributed by atoms with Crippen molar-refractivity contribution in [2.24, 2.45) is 4.99 Å². The highest BCUT2D eigenvalue weighted by atomic mass is 127. The van der Waals surface area contributed by atoms with Gasteiger partial charge in [0.15, 0.2) is 5.96 Å². The van der Waals surface area contributed by atoms with Gasteiger partial charge in [-0.05, 0) is 39.9 Å². The molecule has 0 amide bonds. The van der Waals surface area contributed by atoms with Crippen molar-refractivity contribution in [3.63, 3.8) is 0 Å². The summed E-state index contributed by atoms with van der Waals surface area (Å²) in [5.41, 5.74) is 4.27. The average Bonchev–Trinajstić information content (AvgIpc) is 3.11. The monoisotopic (exact) mass is 456 g/mol. The van der Waals surface area contributed by atoms with E-state index < -0.39 is 0 Å². The molecule has 130 valence electrons. The van der Waals surface area contributed by atoms with Crippen LogP contribution in [0.2, 0.25) is 0 Å². The summed E-state index contributed by atoms with van der Waals surface area (Å²) in [5, 5.41) is 11.0. The SMILES string of the molecule is CN=C(NCCN1CCc2ccccc2C1)NCc1ccsc1.I. The van der Waals surface area contributed by atoms with Crippen molar-refractivity contribution in [3.05, 3.63) is 57.8 Å². The molecule has 6 heteroatoms. The van der Waals surface area contributed by atoms with Crippen molar-refractivity contribution in [3.8, 4) is 0 Å². The Labute approximate surface area is 165 Å². The summed E-state index contributed by atoms with van der Waals surface area (Å²) < 4.78 is 0. The van der Waals surface area contributed by atoms with E-state index in [4.69, 9.17) is 0 Å². The van der Waals surface area contributed by atoms with Gasteiger partial charge in [-0.3, -0.25) is 9.89 Å². The second-order valence-corrected chi connectivity index (χ2v) is 6.56. The van der Waals surface area contributed by atoms with Crippen molar-refractivity contribution < 1.29 is 0 Å². The molecule has 24 heavy (non-hydrogen) atoms. The number of hydrogen-bond donors (Lipinski definition) is 2. The van der Waals surface area contributed by atoms with Crippen LogP contribution in [0.25, 0.3) is 0 Å². The molecule has 0 saturated carbocycles. The van der Waals surface area contributed by atoms with Gasteiger partial charge in [0.25, 0.3) is 0 Å². The fraction of sp³-hybridized carbons (Fsp3) is 0.389. The molecule has 0 saturated heterocycles. The summed E-state index contributed by atoms with van der Waals surface area (Å²) in [7, 11) is 1.82. The van der Waals surface area contributed by atoms with Crippen LogP contribution in [-0.2, 0) is 19.5 Å². The Kier molecular flexibility index (Phi) is 8.01. The summed E-state index contributed by atoms with van der Waals surface area (Å²) in [4.78, 5) is 6.79. The highest BCUT2D eigenvalue weighted by molar-refractivity contribution is 14.0. The smallest absolute Gasteiger partial charge is 0.191 e. The van der Waals surface area contributed by atoms with Crippen molar-refractivity contribution in [1.82, 2.24) is 15.5 Å². The quantitative estimate of drug-likeness (QED) is 0.413. The maximum Gasteiger partial charge on any atom is 0.191 e. The second kappa shape index (κ2) is 10.0. The Balaban J connectivity index is 0.00000208. The topological polar surface area (TPSA) is 39.7 Å². The molecule has 1 aromatic carbocycles. The van der Waals surface area contributed by atoms with Crippen LogP contribution < -0.4 is 10.6 Å². The van der Waals surface area contributed by atoms with Crippen LogP contribution in [0.5, 0.6) is 0 Å². The van der Waals surface area contributed by atoms with E-state index in [1.165, 1.54) is 16.7 Å². The van der Waals surface area contributed by atoms with Gasteiger partial charge in [0.1, 0.15) is 0 Å². The molecular formula is C18H25IN4S. The van der Waals surface area contributed by atoms with Gasteiger partial charge in [-0.25, -0.2) is 0 Å². The molecule has 3 rings (SSSR count). The zero-order valence-corrected chi connectivity index (χ0v) is 17.1. The molecule has 0 radical (unpaired) electrons. The number of fused-ring (bicyclic) bond motifs is 1. The molecule has 0 unspecified atom stereocenters. The number of nitrogens with zero attached hydrogens (tertiary/aromatic N) is 2. The first kappa shape index (κ1) is 19.2. The van der Waals surface area contributed by atoms with Crippen LogP contribution in [0.1, 0.15) is 16.7 Å². The van der Waals surface area contributed by atoms with Gasteiger partial charge in [-0.15, -0.1) is 24.0 Å². The van der Waals surface area contributed by atoms with E-state index in [0.29, 0.717) is 0 Å². The lowest BCUT2D eigenvalue weighted by molar-refractivity contribution is 0.258. The maximum atomic E-state index is 4.29. The number of nitrogens with one attached hydrogen (secondary N) is 2. The minimum atomic E-state index is 0. The molecule has 4 nitrogen and oxygen atoms in total. The van der Waals surface area contributed by atoms with Gasteiger partial charge < -0.3 is 10.6 Å². The lowest BCUT2D eigenvalue weighted by Crippen LogP contribution is -2.42. The summed E-state index contributed by atoms with van der Waals surface area (Å²) in [6, 6.07) is 10.9. The maximum absolute atomic E-state index is 4.29. The number of guanidine groups is 1. The number of aliphatic imine (C=N–C) groups is 1. The predicted octanol–water partition coefficient (Wildman–Crippen LogP) is 3.09. The first-order chi connectivity index (χ1) is 11.3. The van der Waals surface area contributed by atoms with Crippen LogP contribution in [-0.4, -0.2) is 37.5 Å². The van der Waals surface area contributed by atoms with Gasteiger partial charge in [0, 0.05) is 39.8 Å². The van der Waals surface area contributed by atoms with E-state index in [9.17, 15) is 0 Å². The van der Waals surface area contributed by atoms with Crippen molar-refractivity contribution in [1.29, 1.82) is 0 Å². The summed E-state index contributed by atoms with van der Waals surface area (Å²) in [6.45, 7) is 4.96. The third-order valence-electron chi connectivity index (χ3n) is 4.19. The number of thiophene rings is 1. The van der Waals surface area contributed by atoms with Crippen LogP contribution >= 0.6 is 35.3 Å². The normalized spacial score (nSPS) is 14.6. The second-order valence-electron chi connectivity index (χ2n) is 5.78. The van der Waals surface area contributed by atoms with Crippen LogP contribution in [0.4, 0.5) is 0 Å². The molecule has 1 aliphatic rings. The van der Waals surface area contributed by atoms with Gasteiger partial charge >= 0.3 is 0 Å². The minimum Gasteiger partial charge on any atom is -0.355 e. The fourth-order valence-electron chi connectivity index (χ4n) is 2.88. The first-order valence-electron chi connectivity index (χ1n) is 8.10. The van der Waals surface area contributed by atoms with Gasteiger partial charge in [0.05, 0.1) is 0 Å². The molecule has 0 bridgehead atoms. The molecule has 0 fully saturated rings. The van der Waals surface area contributed by atoms with Crippen LogP contribution in [0, 0.1) is 0 Å². The molecule has 1 aromatic heterocycles. The van der Waals surface area contributed by atoms with E-state index in [-0.39, 0.29) is 24.0 Å². The number of halogens is 1. The molecule has 0 aliphatic carbocycles. The van der Waals surface area contributed by atoms with E-state index in [0.717, 1.165) is 45.1 Å². The van der Waals surface area contributed by atoms with Crippen molar-refractivity contribution in [2.75, 3.05) is 26.7 Å². The van der Waals surface area contributed by atoms with Gasteiger partial charge in [-0.1, -0.05) is 24.3 Å². The molecule has 1 aliphatic heterocycles. The predicted molar refractivity (Wildman–Crippen MR) is 113 cm³/mol. The third-order valence-corrected chi connectivity index (χ3v) is 4.93. The van der Waals surface area contributed by atoms with Crippen molar-refractivity contribution in [2.45, 2.75) is 19.5 Å². The van der Waals surface area contributed by atoms with E-state index in [1.807, 2.05) is 7.05 Å². The highest BCUT2D eigenvalue weighted by Gasteiger charge is 2.14. The molecule has 2 N–H and O–H groups in total. The molecule has 2 aromatic rings.